The highest BCUT2D eigenvalue weighted by molar-refractivity contribution is 6.42. The van der Waals surface area contributed by atoms with E-state index in [9.17, 15) is 22.8 Å². The van der Waals surface area contributed by atoms with Gasteiger partial charge in [-0.3, -0.25) is 9.59 Å². The molecule has 0 radical (unpaired) electrons. The van der Waals surface area contributed by atoms with Gasteiger partial charge in [0.15, 0.2) is 5.78 Å². The number of amides is 1. The number of ketones is 1. The molecule has 32 heavy (non-hydrogen) atoms. The van der Waals surface area contributed by atoms with Gasteiger partial charge in [-0.1, -0.05) is 58.5 Å². The van der Waals surface area contributed by atoms with E-state index in [0.717, 1.165) is 0 Å². The lowest BCUT2D eigenvalue weighted by atomic mass is 9.88. The summed E-state index contributed by atoms with van der Waals surface area (Å²) in [6.45, 7) is 0.845. The van der Waals surface area contributed by atoms with Crippen LogP contribution < -0.4 is 0 Å². The number of carbonyl (C=O) groups excluding carboxylic acids is 2. The van der Waals surface area contributed by atoms with E-state index in [0.29, 0.717) is 16.0 Å². The maximum absolute atomic E-state index is 13.2. The van der Waals surface area contributed by atoms with Crippen LogP contribution in [0.2, 0.25) is 20.1 Å². The fraction of sp³-hybridized carbons (Fsp3) is 0.182. The van der Waals surface area contributed by atoms with Crippen LogP contribution in [0.1, 0.15) is 18.1 Å². The van der Waals surface area contributed by atoms with E-state index in [1.807, 2.05) is 0 Å². The van der Waals surface area contributed by atoms with Gasteiger partial charge in [0, 0.05) is 11.1 Å². The Bertz CT molecular complexity index is 1160. The third-order valence-electron chi connectivity index (χ3n) is 4.87. The number of benzene rings is 2. The summed E-state index contributed by atoms with van der Waals surface area (Å²) in [6, 6.07) is 7.94. The van der Waals surface area contributed by atoms with E-state index >= 15 is 0 Å². The first-order valence-electron chi connectivity index (χ1n) is 9.13. The zero-order valence-electron chi connectivity index (χ0n) is 16.3. The van der Waals surface area contributed by atoms with Gasteiger partial charge in [0.05, 0.1) is 32.7 Å². The lowest BCUT2D eigenvalue weighted by molar-refractivity contribution is -0.186. The number of rotatable bonds is 2. The Morgan fingerprint density at radius 1 is 0.938 bits per heavy atom. The van der Waals surface area contributed by atoms with Gasteiger partial charge in [0.1, 0.15) is 0 Å². The molecule has 1 heterocycles. The molecular weight excluding hydrogens is 509 g/mol. The Balaban J connectivity index is 2.11. The predicted octanol–water partition coefficient (Wildman–Crippen LogP) is 7.13. The third-order valence-corrected chi connectivity index (χ3v) is 6.34. The summed E-state index contributed by atoms with van der Waals surface area (Å²) in [5.41, 5.74) is 0.888. The number of piperidine rings is 1. The molecule has 168 valence electrons. The molecule has 1 amide bonds. The van der Waals surface area contributed by atoms with Gasteiger partial charge < -0.3 is 4.90 Å². The molecule has 2 aromatic carbocycles. The van der Waals surface area contributed by atoms with Gasteiger partial charge in [0.25, 0.3) is 0 Å². The van der Waals surface area contributed by atoms with Crippen LogP contribution in [0.25, 0.3) is 12.2 Å². The Morgan fingerprint density at radius 2 is 1.44 bits per heavy atom. The van der Waals surface area contributed by atoms with Gasteiger partial charge in [-0.2, -0.15) is 13.2 Å². The highest BCUT2D eigenvalue weighted by atomic mass is 35.5. The first-order chi connectivity index (χ1) is 14.9. The van der Waals surface area contributed by atoms with Gasteiger partial charge in [-0.15, -0.1) is 0 Å². The molecular formula is C22H14Cl4F3NO2. The highest BCUT2D eigenvalue weighted by Crippen LogP contribution is 2.32. The number of Topliss-reactive ketones (excluding diaryl/α,β-unsaturated/α-hetero) is 1. The van der Waals surface area contributed by atoms with Crippen LogP contribution in [0.3, 0.4) is 0 Å². The molecule has 0 aliphatic carbocycles. The van der Waals surface area contributed by atoms with E-state index in [1.165, 1.54) is 43.3 Å². The first-order valence-corrected chi connectivity index (χ1v) is 10.6. The fourth-order valence-electron chi connectivity index (χ4n) is 3.23. The summed E-state index contributed by atoms with van der Waals surface area (Å²) in [7, 11) is 0. The second kappa shape index (κ2) is 9.48. The van der Waals surface area contributed by atoms with Crippen molar-refractivity contribution in [1.82, 2.24) is 4.90 Å². The van der Waals surface area contributed by atoms with E-state index in [-0.39, 0.29) is 31.2 Å². The number of hydrogen-bond acceptors (Lipinski definition) is 2. The fourth-order valence-corrected chi connectivity index (χ4v) is 3.84. The maximum Gasteiger partial charge on any atom is 0.471 e. The van der Waals surface area contributed by atoms with Crippen molar-refractivity contribution in [3.05, 3.63) is 78.8 Å². The summed E-state index contributed by atoms with van der Waals surface area (Å²) in [5, 5.41) is 0.997. The highest BCUT2D eigenvalue weighted by Gasteiger charge is 2.47. The summed E-state index contributed by atoms with van der Waals surface area (Å²) in [6.07, 6.45) is -2.32. The van der Waals surface area contributed by atoms with E-state index in [4.69, 9.17) is 46.4 Å². The molecule has 2 aromatic rings. The largest absolute Gasteiger partial charge is 0.471 e. The number of alkyl halides is 3. The number of carbonyl (C=O) groups is 2. The topological polar surface area (TPSA) is 37.4 Å². The van der Waals surface area contributed by atoms with Crippen LogP contribution in [0.15, 0.2) is 47.5 Å². The Labute approximate surface area is 202 Å². The number of halogens is 7. The SMILES string of the molecule is CC1/C(=C\c2ccc(Cl)c(Cl)c2)C(=O)/C(=C/c2ccc(Cl)c(Cl)c2)CN1C(=O)C(F)(F)F. The van der Waals surface area contributed by atoms with Crippen molar-refractivity contribution in [2.75, 3.05) is 6.54 Å². The smallest absolute Gasteiger partial charge is 0.324 e. The van der Waals surface area contributed by atoms with Crippen molar-refractivity contribution in [2.24, 2.45) is 0 Å². The van der Waals surface area contributed by atoms with Crippen LogP contribution in [0.5, 0.6) is 0 Å². The van der Waals surface area contributed by atoms with Crippen molar-refractivity contribution in [3.8, 4) is 0 Å². The molecule has 1 unspecified atom stereocenters. The molecule has 3 nitrogen and oxygen atoms in total. The van der Waals surface area contributed by atoms with Crippen molar-refractivity contribution in [1.29, 1.82) is 0 Å². The Kier molecular flexibility index (Phi) is 7.30. The third kappa shape index (κ3) is 5.31. The summed E-state index contributed by atoms with van der Waals surface area (Å²) >= 11 is 23.8. The zero-order valence-corrected chi connectivity index (χ0v) is 19.3. The molecule has 0 bridgehead atoms. The van der Waals surface area contributed by atoms with Crippen LogP contribution in [-0.4, -0.2) is 35.4 Å². The number of nitrogens with zero attached hydrogens (tertiary/aromatic N) is 1. The quantitative estimate of drug-likeness (QED) is 0.393. The minimum absolute atomic E-state index is 0.00134. The zero-order chi connectivity index (χ0) is 23.8. The standard InChI is InChI=1S/C22H14Cl4F3NO2/c1-11-15(7-13-3-5-17(24)19(26)9-13)20(31)14(10-30(11)21(32)22(27,28)29)6-12-2-4-16(23)18(25)8-12/h2-9,11H,10H2,1H3/b14-6+,15-7+. The van der Waals surface area contributed by atoms with E-state index in [2.05, 4.69) is 0 Å². The molecule has 1 saturated heterocycles. The summed E-state index contributed by atoms with van der Waals surface area (Å²) in [5.74, 6) is -2.54. The monoisotopic (exact) mass is 521 g/mol. The van der Waals surface area contributed by atoms with E-state index < -0.39 is 30.5 Å². The average Bonchev–Trinajstić information content (AvgIpc) is 2.71. The van der Waals surface area contributed by atoms with Gasteiger partial charge in [0.2, 0.25) is 0 Å². The van der Waals surface area contributed by atoms with Gasteiger partial charge in [-0.05, 0) is 54.5 Å². The van der Waals surface area contributed by atoms with Crippen molar-refractivity contribution < 1.29 is 22.8 Å². The molecule has 10 heteroatoms. The van der Waals surface area contributed by atoms with Crippen LogP contribution in [-0.2, 0) is 9.59 Å². The minimum Gasteiger partial charge on any atom is -0.324 e. The van der Waals surface area contributed by atoms with Crippen molar-refractivity contribution in [3.63, 3.8) is 0 Å². The van der Waals surface area contributed by atoms with Crippen molar-refractivity contribution in [2.45, 2.75) is 19.1 Å². The molecule has 1 aliphatic heterocycles. The normalized spacial score (nSPS) is 19.7. The van der Waals surface area contributed by atoms with Gasteiger partial charge >= 0.3 is 12.1 Å². The van der Waals surface area contributed by atoms with Crippen LogP contribution in [0, 0.1) is 0 Å². The summed E-state index contributed by atoms with van der Waals surface area (Å²) < 4.78 is 39.7. The predicted molar refractivity (Wildman–Crippen MR) is 121 cm³/mol. The molecule has 1 atom stereocenters. The Hall–Kier alpha value is -1.99. The molecule has 0 saturated carbocycles. The van der Waals surface area contributed by atoms with Crippen molar-refractivity contribution >= 4 is 70.2 Å². The molecule has 3 rings (SSSR count). The van der Waals surface area contributed by atoms with Crippen LogP contribution in [0.4, 0.5) is 13.2 Å². The van der Waals surface area contributed by atoms with Crippen LogP contribution >= 0.6 is 46.4 Å². The first kappa shape index (κ1) is 24.6. The molecule has 0 N–H and O–H groups in total. The Morgan fingerprint density at radius 3 is 1.91 bits per heavy atom. The summed E-state index contributed by atoms with van der Waals surface area (Å²) in [4.78, 5) is 25.9. The number of likely N-dealkylation sites (tertiary alicyclic amines) is 1. The number of hydrogen-bond donors (Lipinski definition) is 0. The molecule has 1 aliphatic rings. The van der Waals surface area contributed by atoms with Gasteiger partial charge in [-0.25, -0.2) is 0 Å². The lowest BCUT2D eigenvalue weighted by Crippen LogP contribution is -2.52. The molecule has 1 fully saturated rings. The maximum atomic E-state index is 13.2. The molecule has 0 spiro atoms. The average molecular weight is 523 g/mol. The minimum atomic E-state index is -5.10. The van der Waals surface area contributed by atoms with E-state index in [1.54, 1.807) is 12.1 Å². The second-order valence-corrected chi connectivity index (χ2v) is 8.68. The second-order valence-electron chi connectivity index (χ2n) is 7.05. The molecule has 0 aromatic heterocycles. The lowest BCUT2D eigenvalue weighted by Gasteiger charge is -2.36.